The van der Waals surface area contributed by atoms with Crippen LogP contribution >= 0.6 is 0 Å². The van der Waals surface area contributed by atoms with Crippen LogP contribution in [0.2, 0.25) is 0 Å². The van der Waals surface area contributed by atoms with Gasteiger partial charge < -0.3 is 34.3 Å². The molecule has 3 aromatic carbocycles. The van der Waals surface area contributed by atoms with Crippen LogP contribution < -0.4 is 10.1 Å². The van der Waals surface area contributed by atoms with Gasteiger partial charge in [-0.25, -0.2) is 4.79 Å². The Labute approximate surface area is 237 Å². The molecule has 1 fully saturated rings. The molecule has 0 bridgehead atoms. The fourth-order valence-electron chi connectivity index (χ4n) is 4.95. The Morgan fingerprint density at radius 1 is 1.12 bits per heavy atom. The summed E-state index contributed by atoms with van der Waals surface area (Å²) in [5.41, 5.74) is 4.14. The van der Waals surface area contributed by atoms with E-state index in [1.54, 1.807) is 30.9 Å². The molecular formula is C31H33N3O7. The number of aliphatic hydroxyl groups is 1. The fourth-order valence-corrected chi connectivity index (χ4v) is 4.95. The van der Waals surface area contributed by atoms with Crippen LogP contribution in [0.25, 0.3) is 11.1 Å². The minimum Gasteiger partial charge on any atom is -0.491 e. The molecule has 0 aliphatic carbocycles. The largest absolute Gasteiger partial charge is 0.491 e. The molecule has 0 saturated carbocycles. The maximum atomic E-state index is 13.5. The third-order valence-corrected chi connectivity index (χ3v) is 6.96. The molecule has 2 heterocycles. The molecule has 1 aromatic heterocycles. The van der Waals surface area contributed by atoms with Crippen molar-refractivity contribution in [3.05, 3.63) is 83.4 Å². The van der Waals surface area contributed by atoms with Crippen LogP contribution in [0.1, 0.15) is 41.8 Å². The van der Waals surface area contributed by atoms with Crippen molar-refractivity contribution >= 4 is 34.7 Å². The van der Waals surface area contributed by atoms with Gasteiger partial charge in [0.15, 0.2) is 11.4 Å². The number of nitrogens with one attached hydrogen (secondary N) is 1. The Morgan fingerprint density at radius 2 is 1.88 bits per heavy atom. The first-order valence-corrected chi connectivity index (χ1v) is 13.4. The molecular weight excluding hydrogens is 526 g/mol. The second-order valence-corrected chi connectivity index (χ2v) is 10.6. The Bertz CT molecular complexity index is 1540. The molecule has 10 heteroatoms. The molecule has 4 aromatic rings. The van der Waals surface area contributed by atoms with E-state index in [9.17, 15) is 14.7 Å². The lowest BCUT2D eigenvalue weighted by molar-refractivity contribution is -0.211. The number of hydrogen-bond acceptors (Lipinski definition) is 8. The molecule has 3 N–H and O–H groups in total. The number of benzene rings is 3. The van der Waals surface area contributed by atoms with Gasteiger partial charge in [0, 0.05) is 12.2 Å². The van der Waals surface area contributed by atoms with E-state index in [0.29, 0.717) is 35.8 Å². The number of nitrogens with zero attached hydrogens (tertiary/aromatic N) is 2. The van der Waals surface area contributed by atoms with Crippen LogP contribution in [0.15, 0.2) is 71.1 Å². The zero-order valence-electron chi connectivity index (χ0n) is 23.2. The summed E-state index contributed by atoms with van der Waals surface area (Å²) < 4.78 is 17.7. The number of rotatable bonds is 10. The number of fused-ring (bicyclic) bond motifs is 1. The standard InChI is InChI=1S/C31H33N3O7/c1-19-6-4-5-7-23(19)32-30-33-24-13-8-20(16-27(24)40-30)17-28(35)34-15-14-26(41-31(2,3)38)25(34)18-39-22-11-9-21(10-12-22)29(36)37/h4-13,16,25-26,38H,14-15,17-18H2,1-3H3,(H,32,33)(H,36,37)/t25-,26+/m1/s1. The number of hydrogen-bond donors (Lipinski definition) is 3. The van der Waals surface area contributed by atoms with Gasteiger partial charge in [0.05, 0.1) is 24.1 Å². The average molecular weight is 560 g/mol. The zero-order valence-corrected chi connectivity index (χ0v) is 23.2. The van der Waals surface area contributed by atoms with Gasteiger partial charge in [-0.1, -0.05) is 24.3 Å². The third-order valence-electron chi connectivity index (χ3n) is 6.96. The van der Waals surface area contributed by atoms with Crippen LogP contribution in [0.4, 0.5) is 11.7 Å². The molecule has 0 unspecified atom stereocenters. The summed E-state index contributed by atoms with van der Waals surface area (Å²) in [6.07, 6.45) is 0.233. The molecule has 1 amide bonds. The van der Waals surface area contributed by atoms with Crippen LogP contribution in [0.5, 0.6) is 5.75 Å². The maximum Gasteiger partial charge on any atom is 0.335 e. The van der Waals surface area contributed by atoms with Gasteiger partial charge in [-0.3, -0.25) is 4.79 Å². The number of ether oxygens (including phenoxy) is 2. The normalized spacial score (nSPS) is 17.1. The number of carbonyl (C=O) groups is 2. The van der Waals surface area contributed by atoms with Crippen molar-refractivity contribution in [3.8, 4) is 5.75 Å². The number of aryl methyl sites for hydroxylation is 1. The molecule has 214 valence electrons. The van der Waals surface area contributed by atoms with E-state index >= 15 is 0 Å². The molecule has 10 nitrogen and oxygen atoms in total. The SMILES string of the molecule is Cc1ccccc1Nc1nc2ccc(CC(=O)N3CC[C@H](OC(C)(C)O)[C@H]3COc3ccc(C(=O)O)cc3)cc2o1. The number of aromatic nitrogens is 1. The minimum atomic E-state index is -1.38. The Balaban J connectivity index is 1.29. The van der Waals surface area contributed by atoms with Crippen molar-refractivity contribution in [2.45, 2.75) is 51.5 Å². The first-order chi connectivity index (χ1) is 19.6. The van der Waals surface area contributed by atoms with E-state index < -0.39 is 23.9 Å². The van der Waals surface area contributed by atoms with E-state index in [1.807, 2.05) is 49.4 Å². The number of carbonyl (C=O) groups excluding carboxylic acids is 1. The monoisotopic (exact) mass is 559 g/mol. The summed E-state index contributed by atoms with van der Waals surface area (Å²) in [5.74, 6) is -2.04. The van der Waals surface area contributed by atoms with Gasteiger partial charge >= 0.3 is 5.97 Å². The highest BCUT2D eigenvalue weighted by Gasteiger charge is 2.40. The Hall–Kier alpha value is -4.41. The number of carboxylic acids is 1. The van der Waals surface area contributed by atoms with Crippen molar-refractivity contribution in [3.63, 3.8) is 0 Å². The number of likely N-dealkylation sites (tertiary alicyclic amines) is 1. The summed E-state index contributed by atoms with van der Waals surface area (Å²) in [5, 5.41) is 22.6. The lowest BCUT2D eigenvalue weighted by atomic mass is 10.1. The second kappa shape index (κ2) is 11.6. The molecule has 2 atom stereocenters. The van der Waals surface area contributed by atoms with Gasteiger partial charge in [-0.05, 0) is 80.8 Å². The molecule has 41 heavy (non-hydrogen) atoms. The van der Waals surface area contributed by atoms with Crippen LogP contribution in [-0.4, -0.2) is 63.1 Å². The number of carboxylic acid groups (broad SMARTS) is 1. The number of amides is 1. The number of para-hydroxylation sites is 1. The fraction of sp³-hybridized carbons (Fsp3) is 0.323. The van der Waals surface area contributed by atoms with Gasteiger partial charge in [0.2, 0.25) is 5.91 Å². The second-order valence-electron chi connectivity index (χ2n) is 10.6. The maximum absolute atomic E-state index is 13.5. The molecule has 1 aliphatic heterocycles. The molecule has 1 aliphatic rings. The van der Waals surface area contributed by atoms with Gasteiger partial charge in [0.1, 0.15) is 17.9 Å². The van der Waals surface area contributed by atoms with Crippen LogP contribution in [0.3, 0.4) is 0 Å². The predicted octanol–water partition coefficient (Wildman–Crippen LogP) is 4.91. The number of oxazole rings is 1. The van der Waals surface area contributed by atoms with Crippen molar-refractivity contribution in [2.75, 3.05) is 18.5 Å². The third kappa shape index (κ3) is 6.85. The summed E-state index contributed by atoms with van der Waals surface area (Å²) >= 11 is 0. The predicted molar refractivity (Wildman–Crippen MR) is 152 cm³/mol. The molecule has 1 saturated heterocycles. The molecule has 0 spiro atoms. The van der Waals surface area contributed by atoms with Crippen molar-refractivity contribution in [1.29, 1.82) is 0 Å². The first-order valence-electron chi connectivity index (χ1n) is 13.4. The summed E-state index contributed by atoms with van der Waals surface area (Å²) in [4.78, 5) is 30.9. The topological polar surface area (TPSA) is 134 Å². The zero-order chi connectivity index (χ0) is 29.1. The highest BCUT2D eigenvalue weighted by atomic mass is 16.6. The van der Waals surface area contributed by atoms with E-state index in [-0.39, 0.29) is 24.5 Å². The highest BCUT2D eigenvalue weighted by molar-refractivity contribution is 5.87. The highest BCUT2D eigenvalue weighted by Crippen LogP contribution is 2.28. The molecule has 0 radical (unpaired) electrons. The van der Waals surface area contributed by atoms with E-state index in [2.05, 4.69) is 10.3 Å². The quantitative estimate of drug-likeness (QED) is 0.232. The van der Waals surface area contributed by atoms with Crippen LogP contribution in [0, 0.1) is 6.92 Å². The van der Waals surface area contributed by atoms with Crippen molar-refractivity contribution in [2.24, 2.45) is 0 Å². The minimum absolute atomic E-state index is 0.112. The number of aromatic carboxylic acids is 1. The van der Waals surface area contributed by atoms with E-state index in [4.69, 9.17) is 19.0 Å². The van der Waals surface area contributed by atoms with Gasteiger partial charge in [-0.2, -0.15) is 4.98 Å². The lowest BCUT2D eigenvalue weighted by Gasteiger charge is -2.31. The van der Waals surface area contributed by atoms with Crippen LogP contribution in [-0.2, 0) is 16.0 Å². The number of anilines is 2. The van der Waals surface area contributed by atoms with Crippen molar-refractivity contribution in [1.82, 2.24) is 9.88 Å². The average Bonchev–Trinajstić information content (AvgIpc) is 3.50. The Kier molecular flexibility index (Phi) is 7.96. The lowest BCUT2D eigenvalue weighted by Crippen LogP contribution is -2.46. The Morgan fingerprint density at radius 3 is 2.59 bits per heavy atom. The summed E-state index contributed by atoms with van der Waals surface area (Å²) in [6.45, 7) is 5.66. The van der Waals surface area contributed by atoms with Crippen molar-refractivity contribution < 1.29 is 33.7 Å². The van der Waals surface area contributed by atoms with Gasteiger partial charge in [-0.15, -0.1) is 0 Å². The van der Waals surface area contributed by atoms with Gasteiger partial charge in [0.25, 0.3) is 6.01 Å². The van der Waals surface area contributed by atoms with E-state index in [1.165, 1.54) is 12.1 Å². The smallest absolute Gasteiger partial charge is 0.335 e. The van der Waals surface area contributed by atoms with E-state index in [0.717, 1.165) is 16.8 Å². The molecule has 5 rings (SSSR count). The summed E-state index contributed by atoms with van der Waals surface area (Å²) in [6, 6.07) is 19.3. The first kappa shape index (κ1) is 28.1. The summed E-state index contributed by atoms with van der Waals surface area (Å²) in [7, 11) is 0.